The van der Waals surface area contributed by atoms with Crippen molar-refractivity contribution in [2.45, 2.75) is 12.5 Å². The zero-order valence-corrected chi connectivity index (χ0v) is 8.15. The van der Waals surface area contributed by atoms with E-state index < -0.39 is 18.3 Å². The zero-order chi connectivity index (χ0) is 10.7. The first-order chi connectivity index (χ1) is 6.57. The number of hydrogen-bond donors (Lipinski definition) is 1. The summed E-state index contributed by atoms with van der Waals surface area (Å²) in [7, 11) is 1.33. The van der Waals surface area contributed by atoms with Crippen LogP contribution < -0.4 is 5.32 Å². The van der Waals surface area contributed by atoms with Gasteiger partial charge in [-0.05, 0) is 19.2 Å². The highest BCUT2D eigenvalue weighted by molar-refractivity contribution is 6.31. The van der Waals surface area contributed by atoms with Crippen molar-refractivity contribution in [1.82, 2.24) is 5.32 Å². The van der Waals surface area contributed by atoms with Crippen molar-refractivity contribution in [3.8, 4) is 0 Å². The van der Waals surface area contributed by atoms with E-state index in [0.29, 0.717) is 0 Å². The zero-order valence-electron chi connectivity index (χ0n) is 7.40. The molecule has 0 fully saturated rings. The van der Waals surface area contributed by atoms with Crippen LogP contribution >= 0.6 is 11.6 Å². The van der Waals surface area contributed by atoms with Gasteiger partial charge in [-0.1, -0.05) is 17.7 Å². The van der Waals surface area contributed by atoms with Gasteiger partial charge in [0, 0.05) is 10.6 Å². The van der Waals surface area contributed by atoms with Crippen molar-refractivity contribution in [3.05, 3.63) is 34.6 Å². The van der Waals surface area contributed by atoms with Crippen LogP contribution in [0.2, 0.25) is 5.02 Å². The summed E-state index contributed by atoms with van der Waals surface area (Å²) >= 11 is 5.63. The molecule has 0 aliphatic heterocycles. The van der Waals surface area contributed by atoms with Crippen molar-refractivity contribution in [3.63, 3.8) is 0 Å². The maximum absolute atomic E-state index is 13.2. The van der Waals surface area contributed by atoms with Crippen LogP contribution in [0.1, 0.15) is 11.6 Å². The lowest BCUT2D eigenvalue weighted by molar-refractivity contribution is 0.101. The summed E-state index contributed by atoms with van der Waals surface area (Å²) in [6.07, 6.45) is -2.70. The summed E-state index contributed by atoms with van der Waals surface area (Å²) in [5.41, 5.74) is -0.188. The fourth-order valence-electron chi connectivity index (χ4n) is 1.20. The topological polar surface area (TPSA) is 12.0 Å². The third kappa shape index (κ3) is 2.19. The van der Waals surface area contributed by atoms with E-state index in [1.54, 1.807) is 0 Å². The predicted molar refractivity (Wildman–Crippen MR) is 49.2 cm³/mol. The van der Waals surface area contributed by atoms with Gasteiger partial charge in [-0.3, -0.25) is 0 Å². The average Bonchev–Trinajstić information content (AvgIpc) is 2.10. The highest BCUT2D eigenvalue weighted by Crippen LogP contribution is 2.29. The molecule has 1 rings (SSSR count). The molecule has 0 radical (unpaired) electrons. The summed E-state index contributed by atoms with van der Waals surface area (Å²) in [4.78, 5) is 0. The molecule has 0 heterocycles. The SMILES string of the molecule is CNC(c1c(F)cccc1Cl)C(F)F. The average molecular weight is 224 g/mol. The third-order valence-electron chi connectivity index (χ3n) is 1.87. The van der Waals surface area contributed by atoms with Crippen LogP contribution in [0.5, 0.6) is 0 Å². The second-order valence-electron chi connectivity index (χ2n) is 2.74. The standard InChI is InChI=1S/C9H9ClF3N/c1-14-8(9(12)13)7-5(10)3-2-4-6(7)11/h2-4,8-9,14H,1H3. The highest BCUT2D eigenvalue weighted by atomic mass is 35.5. The number of alkyl halides is 2. The Labute approximate surface area is 84.9 Å². The molecule has 0 amide bonds. The van der Waals surface area contributed by atoms with Gasteiger partial charge in [0.15, 0.2) is 0 Å². The molecular weight excluding hydrogens is 215 g/mol. The molecule has 78 valence electrons. The van der Waals surface area contributed by atoms with E-state index in [1.807, 2.05) is 0 Å². The number of hydrogen-bond acceptors (Lipinski definition) is 1. The summed E-state index contributed by atoms with van der Waals surface area (Å²) in [6, 6.07) is 2.49. The third-order valence-corrected chi connectivity index (χ3v) is 2.20. The Kier molecular flexibility index (Phi) is 3.77. The fraction of sp³-hybridized carbons (Fsp3) is 0.333. The van der Waals surface area contributed by atoms with Crippen molar-refractivity contribution in [1.29, 1.82) is 0 Å². The van der Waals surface area contributed by atoms with Crippen molar-refractivity contribution >= 4 is 11.6 Å². The van der Waals surface area contributed by atoms with Gasteiger partial charge in [0.2, 0.25) is 0 Å². The number of rotatable bonds is 3. The van der Waals surface area contributed by atoms with Gasteiger partial charge in [0.05, 0.1) is 6.04 Å². The maximum atomic E-state index is 13.2. The normalized spacial score (nSPS) is 13.3. The van der Waals surface area contributed by atoms with E-state index in [-0.39, 0.29) is 10.6 Å². The van der Waals surface area contributed by atoms with Crippen LogP contribution in [0.25, 0.3) is 0 Å². The lowest BCUT2D eigenvalue weighted by atomic mass is 10.1. The second kappa shape index (κ2) is 4.66. The van der Waals surface area contributed by atoms with Gasteiger partial charge in [-0.2, -0.15) is 0 Å². The molecule has 1 atom stereocenters. The maximum Gasteiger partial charge on any atom is 0.257 e. The molecule has 0 saturated carbocycles. The Hall–Kier alpha value is -0.740. The molecule has 0 aliphatic rings. The minimum absolute atomic E-state index is 0.00431. The first kappa shape index (κ1) is 11.3. The predicted octanol–water partition coefficient (Wildman–Crippen LogP) is 3.00. The van der Waals surface area contributed by atoms with E-state index in [4.69, 9.17) is 11.6 Å². The first-order valence-corrected chi connectivity index (χ1v) is 4.35. The van der Waals surface area contributed by atoms with Gasteiger partial charge in [0.1, 0.15) is 5.82 Å². The summed E-state index contributed by atoms with van der Waals surface area (Å²) in [5.74, 6) is -0.725. The molecular formula is C9H9ClF3N. The van der Waals surface area contributed by atoms with Crippen LogP contribution in [0.4, 0.5) is 13.2 Å². The minimum Gasteiger partial charge on any atom is -0.308 e. The molecule has 0 bridgehead atoms. The molecule has 1 N–H and O–H groups in total. The molecule has 0 saturated heterocycles. The molecule has 1 aromatic carbocycles. The van der Waals surface area contributed by atoms with E-state index in [1.165, 1.54) is 19.2 Å². The van der Waals surface area contributed by atoms with Gasteiger partial charge in [-0.25, -0.2) is 13.2 Å². The highest BCUT2D eigenvalue weighted by Gasteiger charge is 2.25. The Morgan fingerprint density at radius 1 is 1.36 bits per heavy atom. The van der Waals surface area contributed by atoms with Gasteiger partial charge < -0.3 is 5.32 Å². The largest absolute Gasteiger partial charge is 0.308 e. The van der Waals surface area contributed by atoms with Crippen LogP contribution in [0, 0.1) is 5.82 Å². The number of nitrogens with one attached hydrogen (secondary N) is 1. The van der Waals surface area contributed by atoms with Crippen molar-refractivity contribution in [2.75, 3.05) is 7.05 Å². The Morgan fingerprint density at radius 2 is 2.00 bits per heavy atom. The molecule has 1 unspecified atom stereocenters. The fourth-order valence-corrected chi connectivity index (χ4v) is 1.48. The Morgan fingerprint density at radius 3 is 2.43 bits per heavy atom. The van der Waals surface area contributed by atoms with Gasteiger partial charge in [-0.15, -0.1) is 0 Å². The number of halogens is 4. The van der Waals surface area contributed by atoms with E-state index >= 15 is 0 Å². The summed E-state index contributed by atoms with van der Waals surface area (Å²) in [5, 5.41) is 2.33. The Bertz CT molecular complexity index is 297. The molecule has 0 aliphatic carbocycles. The molecule has 0 aromatic heterocycles. The van der Waals surface area contributed by atoms with Gasteiger partial charge in [0.25, 0.3) is 6.43 Å². The van der Waals surface area contributed by atoms with Gasteiger partial charge >= 0.3 is 0 Å². The smallest absolute Gasteiger partial charge is 0.257 e. The lowest BCUT2D eigenvalue weighted by Gasteiger charge is -2.17. The van der Waals surface area contributed by atoms with Crippen molar-refractivity contribution < 1.29 is 13.2 Å². The monoisotopic (exact) mass is 223 g/mol. The summed E-state index contributed by atoms with van der Waals surface area (Å²) < 4.78 is 38.1. The second-order valence-corrected chi connectivity index (χ2v) is 3.14. The van der Waals surface area contributed by atoms with E-state index in [2.05, 4.69) is 5.32 Å². The van der Waals surface area contributed by atoms with Crippen LogP contribution in [0.3, 0.4) is 0 Å². The first-order valence-electron chi connectivity index (χ1n) is 3.97. The lowest BCUT2D eigenvalue weighted by Crippen LogP contribution is -2.25. The van der Waals surface area contributed by atoms with Crippen LogP contribution in [-0.2, 0) is 0 Å². The quantitative estimate of drug-likeness (QED) is 0.831. The molecule has 1 aromatic rings. The number of benzene rings is 1. The molecule has 0 spiro atoms. The van der Waals surface area contributed by atoms with Crippen molar-refractivity contribution in [2.24, 2.45) is 0 Å². The molecule has 14 heavy (non-hydrogen) atoms. The van der Waals surface area contributed by atoms with Crippen LogP contribution in [0.15, 0.2) is 18.2 Å². The van der Waals surface area contributed by atoms with E-state index in [9.17, 15) is 13.2 Å². The molecule has 5 heteroatoms. The van der Waals surface area contributed by atoms with Crippen LogP contribution in [-0.4, -0.2) is 13.5 Å². The Balaban J connectivity index is 3.15. The minimum atomic E-state index is -2.70. The molecule has 1 nitrogen and oxygen atoms in total. The summed E-state index contributed by atoms with van der Waals surface area (Å²) in [6.45, 7) is 0. The van der Waals surface area contributed by atoms with E-state index in [0.717, 1.165) is 6.07 Å².